The Morgan fingerprint density at radius 3 is 2.68 bits per heavy atom. The van der Waals surface area contributed by atoms with Crippen LogP contribution < -0.4 is 0 Å². The molecule has 0 aromatic heterocycles. The van der Waals surface area contributed by atoms with E-state index < -0.39 is 0 Å². The second-order valence-corrected chi connectivity index (χ2v) is 5.06. The van der Waals surface area contributed by atoms with Gasteiger partial charge in [-0.25, -0.2) is 0 Å². The number of hydrogen-bond donors (Lipinski definition) is 1. The highest BCUT2D eigenvalue weighted by molar-refractivity contribution is 6.17. The van der Waals surface area contributed by atoms with E-state index in [2.05, 4.69) is 0 Å². The molecule has 1 aliphatic rings. The predicted octanol–water partition coefficient (Wildman–Crippen LogP) is 1.65. The highest BCUT2D eigenvalue weighted by atomic mass is 35.5. The average Bonchev–Trinajstić information content (AvgIpc) is 2.46. The number of amides is 1. The Hall–Kier alpha value is -1.10. The van der Waals surface area contributed by atoms with Crippen molar-refractivity contribution in [3.05, 3.63) is 35.4 Å². The SMILES string of the molecule is CC1CN(C(=O)c2ccc(CCl)cc2)CC(CO)O1. The van der Waals surface area contributed by atoms with Crippen LogP contribution in [-0.4, -0.2) is 47.8 Å². The van der Waals surface area contributed by atoms with Crippen molar-refractivity contribution in [2.24, 2.45) is 0 Å². The minimum Gasteiger partial charge on any atom is -0.394 e. The van der Waals surface area contributed by atoms with E-state index in [9.17, 15) is 4.79 Å². The number of benzene rings is 1. The molecular weight excluding hydrogens is 266 g/mol. The Morgan fingerprint density at radius 2 is 2.11 bits per heavy atom. The highest BCUT2D eigenvalue weighted by Gasteiger charge is 2.28. The Balaban J connectivity index is 2.09. The van der Waals surface area contributed by atoms with Gasteiger partial charge in [0.05, 0.1) is 18.8 Å². The maximum absolute atomic E-state index is 12.4. The molecule has 5 heteroatoms. The molecule has 0 spiro atoms. The van der Waals surface area contributed by atoms with E-state index in [0.29, 0.717) is 24.5 Å². The number of ether oxygens (including phenoxy) is 1. The van der Waals surface area contributed by atoms with Crippen molar-refractivity contribution >= 4 is 17.5 Å². The summed E-state index contributed by atoms with van der Waals surface area (Å²) in [5.74, 6) is 0.407. The van der Waals surface area contributed by atoms with Crippen LogP contribution in [0.5, 0.6) is 0 Å². The van der Waals surface area contributed by atoms with Gasteiger partial charge in [-0.1, -0.05) is 12.1 Å². The number of carbonyl (C=O) groups is 1. The second-order valence-electron chi connectivity index (χ2n) is 4.79. The first kappa shape index (κ1) is 14.3. The Kier molecular flexibility index (Phi) is 4.80. The zero-order valence-electron chi connectivity index (χ0n) is 10.9. The quantitative estimate of drug-likeness (QED) is 0.858. The number of aliphatic hydroxyl groups excluding tert-OH is 1. The largest absolute Gasteiger partial charge is 0.394 e. The third-order valence-corrected chi connectivity index (χ3v) is 3.48. The Bertz CT molecular complexity index is 435. The number of aliphatic hydroxyl groups is 1. The molecule has 2 unspecified atom stereocenters. The maximum Gasteiger partial charge on any atom is 0.254 e. The van der Waals surface area contributed by atoms with Crippen molar-refractivity contribution in [1.29, 1.82) is 0 Å². The summed E-state index contributed by atoms with van der Waals surface area (Å²) in [5.41, 5.74) is 1.63. The summed E-state index contributed by atoms with van der Waals surface area (Å²) < 4.78 is 5.53. The second kappa shape index (κ2) is 6.37. The van der Waals surface area contributed by atoms with E-state index in [-0.39, 0.29) is 24.7 Å². The number of nitrogens with zero attached hydrogens (tertiary/aromatic N) is 1. The molecule has 1 N–H and O–H groups in total. The molecular formula is C14H18ClNO3. The molecule has 1 fully saturated rings. The van der Waals surface area contributed by atoms with E-state index in [1.807, 2.05) is 19.1 Å². The van der Waals surface area contributed by atoms with E-state index in [4.69, 9.17) is 21.4 Å². The lowest BCUT2D eigenvalue weighted by molar-refractivity contribution is -0.0858. The first-order valence-electron chi connectivity index (χ1n) is 6.34. The van der Waals surface area contributed by atoms with Gasteiger partial charge in [0.2, 0.25) is 0 Å². The molecule has 1 heterocycles. The van der Waals surface area contributed by atoms with Crippen LogP contribution in [0.2, 0.25) is 0 Å². The monoisotopic (exact) mass is 283 g/mol. The lowest BCUT2D eigenvalue weighted by Crippen LogP contribution is -2.50. The van der Waals surface area contributed by atoms with Crippen molar-refractivity contribution in [2.45, 2.75) is 25.0 Å². The summed E-state index contributed by atoms with van der Waals surface area (Å²) in [5, 5.41) is 9.17. The van der Waals surface area contributed by atoms with Gasteiger partial charge in [0.15, 0.2) is 0 Å². The lowest BCUT2D eigenvalue weighted by atomic mass is 10.1. The van der Waals surface area contributed by atoms with Crippen molar-refractivity contribution in [1.82, 2.24) is 4.90 Å². The van der Waals surface area contributed by atoms with Crippen LogP contribution in [-0.2, 0) is 10.6 Å². The van der Waals surface area contributed by atoms with Crippen LogP contribution >= 0.6 is 11.6 Å². The van der Waals surface area contributed by atoms with Crippen LogP contribution in [0.3, 0.4) is 0 Å². The number of carbonyl (C=O) groups excluding carboxylic acids is 1. The molecule has 0 saturated carbocycles. The predicted molar refractivity (Wildman–Crippen MR) is 73.3 cm³/mol. The van der Waals surface area contributed by atoms with E-state index in [1.54, 1.807) is 17.0 Å². The van der Waals surface area contributed by atoms with Crippen LogP contribution in [0.15, 0.2) is 24.3 Å². The van der Waals surface area contributed by atoms with E-state index >= 15 is 0 Å². The minimum absolute atomic E-state index is 0.0327. The zero-order valence-corrected chi connectivity index (χ0v) is 11.6. The van der Waals surface area contributed by atoms with Gasteiger partial charge < -0.3 is 14.7 Å². The summed E-state index contributed by atoms with van der Waals surface area (Å²) >= 11 is 5.72. The number of rotatable bonds is 3. The highest BCUT2D eigenvalue weighted by Crippen LogP contribution is 2.15. The molecule has 2 rings (SSSR count). The number of hydrogen-bond acceptors (Lipinski definition) is 3. The fourth-order valence-electron chi connectivity index (χ4n) is 2.23. The van der Waals surface area contributed by atoms with Gasteiger partial charge in [-0.05, 0) is 24.6 Å². The molecule has 0 bridgehead atoms. The topological polar surface area (TPSA) is 49.8 Å². The normalized spacial score (nSPS) is 23.4. The van der Waals surface area contributed by atoms with Gasteiger partial charge >= 0.3 is 0 Å². The summed E-state index contributed by atoms with van der Waals surface area (Å²) in [7, 11) is 0. The van der Waals surface area contributed by atoms with Gasteiger partial charge in [0, 0.05) is 24.5 Å². The van der Waals surface area contributed by atoms with Crippen molar-refractivity contribution in [3.63, 3.8) is 0 Å². The summed E-state index contributed by atoms with van der Waals surface area (Å²) in [4.78, 5) is 14.1. The smallest absolute Gasteiger partial charge is 0.254 e. The van der Waals surface area contributed by atoms with Gasteiger partial charge in [0.25, 0.3) is 5.91 Å². The summed E-state index contributed by atoms with van der Waals surface area (Å²) in [6.07, 6.45) is -0.355. The van der Waals surface area contributed by atoms with E-state index in [0.717, 1.165) is 5.56 Å². The van der Waals surface area contributed by atoms with Crippen LogP contribution in [0, 0.1) is 0 Å². The fourth-order valence-corrected chi connectivity index (χ4v) is 2.41. The van der Waals surface area contributed by atoms with Crippen molar-refractivity contribution in [2.75, 3.05) is 19.7 Å². The molecule has 0 aliphatic carbocycles. The van der Waals surface area contributed by atoms with Crippen molar-refractivity contribution < 1.29 is 14.6 Å². The van der Waals surface area contributed by atoms with Crippen molar-refractivity contribution in [3.8, 4) is 0 Å². The van der Waals surface area contributed by atoms with Gasteiger partial charge in [-0.3, -0.25) is 4.79 Å². The molecule has 104 valence electrons. The lowest BCUT2D eigenvalue weighted by Gasteiger charge is -2.36. The molecule has 2 atom stereocenters. The first-order valence-corrected chi connectivity index (χ1v) is 6.88. The number of halogens is 1. The molecule has 4 nitrogen and oxygen atoms in total. The molecule has 1 aliphatic heterocycles. The summed E-state index contributed by atoms with van der Waals surface area (Å²) in [6, 6.07) is 7.28. The van der Waals surface area contributed by atoms with E-state index in [1.165, 1.54) is 0 Å². The van der Waals surface area contributed by atoms with Crippen LogP contribution in [0.1, 0.15) is 22.8 Å². The molecule has 1 aromatic carbocycles. The Morgan fingerprint density at radius 1 is 1.42 bits per heavy atom. The maximum atomic E-state index is 12.4. The zero-order chi connectivity index (χ0) is 13.8. The number of alkyl halides is 1. The molecule has 1 amide bonds. The van der Waals surface area contributed by atoms with Gasteiger partial charge in [0.1, 0.15) is 0 Å². The van der Waals surface area contributed by atoms with Crippen LogP contribution in [0.25, 0.3) is 0 Å². The Labute approximate surface area is 117 Å². The number of morpholine rings is 1. The fraction of sp³-hybridized carbons (Fsp3) is 0.500. The minimum atomic E-state index is -0.296. The average molecular weight is 284 g/mol. The molecule has 0 radical (unpaired) electrons. The molecule has 1 aromatic rings. The van der Waals surface area contributed by atoms with Gasteiger partial charge in [-0.2, -0.15) is 0 Å². The third-order valence-electron chi connectivity index (χ3n) is 3.17. The van der Waals surface area contributed by atoms with Gasteiger partial charge in [-0.15, -0.1) is 11.6 Å². The first-order chi connectivity index (χ1) is 9.13. The van der Waals surface area contributed by atoms with Crippen LogP contribution in [0.4, 0.5) is 0 Å². The standard InChI is InChI=1S/C14H18ClNO3/c1-10-7-16(8-13(9-17)19-10)14(18)12-4-2-11(6-15)3-5-12/h2-5,10,13,17H,6-9H2,1H3. The summed E-state index contributed by atoms with van der Waals surface area (Å²) in [6.45, 7) is 2.81. The third kappa shape index (κ3) is 3.47. The molecule has 1 saturated heterocycles. The molecule has 19 heavy (non-hydrogen) atoms.